The molecule has 5 heteroatoms. The van der Waals surface area contributed by atoms with Gasteiger partial charge in [-0.25, -0.2) is 13.1 Å². The van der Waals surface area contributed by atoms with Gasteiger partial charge in [0.2, 0.25) is 10.0 Å². The first-order valence-corrected chi connectivity index (χ1v) is 8.17. The molecule has 4 nitrogen and oxygen atoms in total. The summed E-state index contributed by atoms with van der Waals surface area (Å²) in [5.41, 5.74) is 1.18. The monoisotopic (exact) mass is 284 g/mol. The Morgan fingerprint density at radius 3 is 2.32 bits per heavy atom. The first-order chi connectivity index (χ1) is 8.95. The fraction of sp³-hybridized carbons (Fsp3) is 0.571. The van der Waals surface area contributed by atoms with Crippen molar-refractivity contribution >= 4 is 10.0 Å². The van der Waals surface area contributed by atoms with Gasteiger partial charge in [0.15, 0.2) is 0 Å². The molecule has 0 atom stereocenters. The molecular formula is C14H24N2O2S. The van der Waals surface area contributed by atoms with Crippen molar-refractivity contribution < 1.29 is 8.42 Å². The molecule has 108 valence electrons. The third-order valence-electron chi connectivity index (χ3n) is 2.85. The van der Waals surface area contributed by atoms with Crippen LogP contribution < -0.4 is 4.72 Å². The van der Waals surface area contributed by atoms with Crippen LogP contribution in [0.25, 0.3) is 0 Å². The van der Waals surface area contributed by atoms with Gasteiger partial charge in [-0.05, 0) is 51.2 Å². The molecule has 0 aliphatic rings. The van der Waals surface area contributed by atoms with Crippen molar-refractivity contribution in [1.82, 2.24) is 9.62 Å². The van der Waals surface area contributed by atoms with Gasteiger partial charge in [-0.1, -0.05) is 25.5 Å². The lowest BCUT2D eigenvalue weighted by atomic mass is 10.1. The molecule has 0 saturated heterocycles. The van der Waals surface area contributed by atoms with Crippen LogP contribution in [0, 0.1) is 0 Å². The zero-order valence-corrected chi connectivity index (χ0v) is 12.8. The highest BCUT2D eigenvalue weighted by atomic mass is 32.2. The highest BCUT2D eigenvalue weighted by molar-refractivity contribution is 7.89. The molecule has 19 heavy (non-hydrogen) atoms. The predicted molar refractivity (Wildman–Crippen MR) is 78.8 cm³/mol. The molecular weight excluding hydrogens is 260 g/mol. The molecule has 0 unspecified atom stereocenters. The van der Waals surface area contributed by atoms with Crippen LogP contribution in [0.1, 0.15) is 25.3 Å². The molecule has 1 rings (SSSR count). The van der Waals surface area contributed by atoms with E-state index in [1.54, 1.807) is 12.1 Å². The Morgan fingerprint density at radius 2 is 1.79 bits per heavy atom. The normalized spacial score (nSPS) is 12.0. The summed E-state index contributed by atoms with van der Waals surface area (Å²) in [7, 11) is 0.588. The summed E-state index contributed by atoms with van der Waals surface area (Å²) in [4.78, 5) is 2.38. The highest BCUT2D eigenvalue weighted by Gasteiger charge is 2.12. The second kappa shape index (κ2) is 7.62. The zero-order chi connectivity index (χ0) is 14.3. The van der Waals surface area contributed by atoms with Gasteiger partial charge in [-0.2, -0.15) is 0 Å². The van der Waals surface area contributed by atoms with E-state index in [0.717, 1.165) is 25.8 Å². The summed E-state index contributed by atoms with van der Waals surface area (Å²) in [6, 6.07) is 7.13. The van der Waals surface area contributed by atoms with E-state index in [1.165, 1.54) is 5.56 Å². The molecule has 1 N–H and O–H groups in total. The number of nitrogens with zero attached hydrogens (tertiary/aromatic N) is 1. The summed E-state index contributed by atoms with van der Waals surface area (Å²) in [6.07, 6.45) is 2.85. The molecule has 0 aromatic heterocycles. The Labute approximate surface area is 116 Å². The number of hydrogen-bond acceptors (Lipinski definition) is 3. The number of aryl methyl sites for hydroxylation is 1. The van der Waals surface area contributed by atoms with E-state index in [4.69, 9.17) is 0 Å². The fourth-order valence-electron chi connectivity index (χ4n) is 1.81. The van der Waals surface area contributed by atoms with Crippen LogP contribution >= 0.6 is 0 Å². The second-order valence-corrected chi connectivity index (χ2v) is 6.72. The van der Waals surface area contributed by atoms with E-state index in [-0.39, 0.29) is 0 Å². The molecule has 0 spiro atoms. The Balaban J connectivity index is 2.56. The van der Waals surface area contributed by atoms with E-state index in [9.17, 15) is 8.42 Å². The minimum atomic E-state index is -3.36. The molecule has 0 radical (unpaired) electrons. The maximum Gasteiger partial charge on any atom is 0.240 e. The minimum Gasteiger partial charge on any atom is -0.309 e. The largest absolute Gasteiger partial charge is 0.309 e. The van der Waals surface area contributed by atoms with Crippen LogP contribution in [0.4, 0.5) is 0 Å². The van der Waals surface area contributed by atoms with Crippen LogP contribution in [-0.2, 0) is 16.4 Å². The average Bonchev–Trinajstić information content (AvgIpc) is 2.36. The lowest BCUT2D eigenvalue weighted by Gasteiger charge is -2.10. The van der Waals surface area contributed by atoms with E-state index in [0.29, 0.717) is 11.4 Å². The second-order valence-electron chi connectivity index (χ2n) is 4.95. The number of rotatable bonds is 8. The third-order valence-corrected chi connectivity index (χ3v) is 4.32. The van der Waals surface area contributed by atoms with Crippen LogP contribution in [0.3, 0.4) is 0 Å². The van der Waals surface area contributed by atoms with Gasteiger partial charge in [-0.3, -0.25) is 0 Å². The Morgan fingerprint density at radius 1 is 1.16 bits per heavy atom. The van der Waals surface area contributed by atoms with Gasteiger partial charge >= 0.3 is 0 Å². The first kappa shape index (κ1) is 16.1. The predicted octanol–water partition coefficient (Wildman–Crippen LogP) is 1.87. The maximum absolute atomic E-state index is 12.0. The molecule has 0 fully saturated rings. The zero-order valence-electron chi connectivity index (χ0n) is 12.0. The van der Waals surface area contributed by atoms with Crippen LogP contribution in [0.15, 0.2) is 29.2 Å². The number of benzene rings is 1. The van der Waals surface area contributed by atoms with Crippen molar-refractivity contribution in [2.75, 3.05) is 27.2 Å². The van der Waals surface area contributed by atoms with Crippen molar-refractivity contribution in [2.45, 2.75) is 31.1 Å². The standard InChI is InChI=1S/C14H24N2O2S/c1-4-6-13-7-9-14(10-8-13)19(17,18)15-11-5-12-16(2)3/h7-10,15H,4-6,11-12H2,1-3H3. The molecule has 0 aliphatic heterocycles. The van der Waals surface area contributed by atoms with Gasteiger partial charge in [-0.15, -0.1) is 0 Å². The van der Waals surface area contributed by atoms with Crippen molar-refractivity contribution in [2.24, 2.45) is 0 Å². The molecule has 0 saturated carbocycles. The number of hydrogen-bond donors (Lipinski definition) is 1. The van der Waals surface area contributed by atoms with Crippen LogP contribution in [-0.4, -0.2) is 40.5 Å². The lowest BCUT2D eigenvalue weighted by molar-refractivity contribution is 0.400. The summed E-state index contributed by atoms with van der Waals surface area (Å²) >= 11 is 0. The van der Waals surface area contributed by atoms with E-state index >= 15 is 0 Å². The van der Waals surface area contributed by atoms with Crippen molar-refractivity contribution in [3.8, 4) is 0 Å². The highest BCUT2D eigenvalue weighted by Crippen LogP contribution is 2.11. The van der Waals surface area contributed by atoms with Crippen molar-refractivity contribution in [3.63, 3.8) is 0 Å². The van der Waals surface area contributed by atoms with Crippen molar-refractivity contribution in [1.29, 1.82) is 0 Å². The molecule has 0 heterocycles. The maximum atomic E-state index is 12.0. The van der Waals surface area contributed by atoms with Gasteiger partial charge in [0.1, 0.15) is 0 Å². The molecule has 1 aromatic carbocycles. The van der Waals surface area contributed by atoms with E-state index in [1.807, 2.05) is 31.1 Å². The Kier molecular flexibility index (Phi) is 6.48. The van der Waals surface area contributed by atoms with Gasteiger partial charge < -0.3 is 4.90 Å². The fourth-order valence-corrected chi connectivity index (χ4v) is 2.88. The first-order valence-electron chi connectivity index (χ1n) is 6.69. The SMILES string of the molecule is CCCc1ccc(S(=O)(=O)NCCCN(C)C)cc1. The van der Waals surface area contributed by atoms with E-state index < -0.39 is 10.0 Å². The lowest BCUT2D eigenvalue weighted by Crippen LogP contribution is -2.27. The van der Waals surface area contributed by atoms with Gasteiger partial charge in [0.05, 0.1) is 4.90 Å². The van der Waals surface area contributed by atoms with Gasteiger partial charge in [0.25, 0.3) is 0 Å². The summed E-state index contributed by atoms with van der Waals surface area (Å²) in [5, 5.41) is 0. The number of sulfonamides is 1. The molecule has 0 aliphatic carbocycles. The summed E-state index contributed by atoms with van der Waals surface area (Å²) in [6.45, 7) is 3.45. The van der Waals surface area contributed by atoms with Crippen LogP contribution in [0.5, 0.6) is 0 Å². The summed E-state index contributed by atoms with van der Waals surface area (Å²) in [5.74, 6) is 0. The quantitative estimate of drug-likeness (QED) is 0.741. The van der Waals surface area contributed by atoms with Crippen molar-refractivity contribution in [3.05, 3.63) is 29.8 Å². The molecule has 0 bridgehead atoms. The topological polar surface area (TPSA) is 49.4 Å². The molecule has 1 aromatic rings. The Hall–Kier alpha value is -0.910. The average molecular weight is 284 g/mol. The van der Waals surface area contributed by atoms with Gasteiger partial charge in [0, 0.05) is 6.54 Å². The van der Waals surface area contributed by atoms with E-state index in [2.05, 4.69) is 11.6 Å². The smallest absolute Gasteiger partial charge is 0.240 e. The van der Waals surface area contributed by atoms with Crippen LogP contribution in [0.2, 0.25) is 0 Å². The third kappa shape index (κ3) is 5.72. The number of nitrogens with one attached hydrogen (secondary N) is 1. The molecule has 0 amide bonds. The Bertz CT molecular complexity index is 467. The minimum absolute atomic E-state index is 0.345. The summed E-state index contributed by atoms with van der Waals surface area (Å²) < 4.78 is 26.7.